The Morgan fingerprint density at radius 1 is 1.00 bits per heavy atom. The fraction of sp³-hybridized carbons (Fsp3) is 0.0952. The number of pyridine rings is 1. The Morgan fingerprint density at radius 3 is 2.24 bits per heavy atom. The SMILES string of the molecule is C.O=C(Nc1ccc(Oc2ccc(C(F)(F)F)cn2)cc1C(=O)[O-])c1ccc(Cl)cc1Cl.[Li+]. The molecule has 12 heteroatoms. The molecule has 6 nitrogen and oxygen atoms in total. The predicted octanol–water partition coefficient (Wildman–Crippen LogP) is 2.46. The Hall–Kier alpha value is -2.70. The first-order valence-corrected chi connectivity index (χ1v) is 9.13. The molecule has 1 heterocycles. The maximum absolute atomic E-state index is 12.6. The van der Waals surface area contributed by atoms with Gasteiger partial charge >= 0.3 is 25.0 Å². The number of aromatic carboxylic acids is 1. The predicted molar refractivity (Wildman–Crippen MR) is 111 cm³/mol. The first-order chi connectivity index (χ1) is 14.5. The van der Waals surface area contributed by atoms with Gasteiger partial charge in [0.15, 0.2) is 0 Å². The van der Waals surface area contributed by atoms with Gasteiger partial charge in [0.05, 0.1) is 27.8 Å². The first-order valence-electron chi connectivity index (χ1n) is 8.37. The van der Waals surface area contributed by atoms with Gasteiger partial charge in [0.1, 0.15) is 5.75 Å². The number of halogens is 5. The van der Waals surface area contributed by atoms with Crippen molar-refractivity contribution in [2.45, 2.75) is 13.6 Å². The van der Waals surface area contributed by atoms with Crippen LogP contribution in [-0.4, -0.2) is 16.9 Å². The number of hydrogen-bond acceptors (Lipinski definition) is 5. The topological polar surface area (TPSA) is 91.3 Å². The molecule has 0 unspecified atom stereocenters. The zero-order valence-corrected chi connectivity index (χ0v) is 17.7. The summed E-state index contributed by atoms with van der Waals surface area (Å²) < 4.78 is 43.1. The average Bonchev–Trinajstić information content (AvgIpc) is 2.68. The number of carbonyl (C=O) groups excluding carboxylic acids is 2. The number of amides is 1. The minimum atomic E-state index is -4.56. The summed E-state index contributed by atoms with van der Waals surface area (Å²) in [6.45, 7) is 0. The minimum absolute atomic E-state index is 0. The van der Waals surface area contributed by atoms with Gasteiger partial charge in [0, 0.05) is 22.8 Å². The molecule has 0 aliphatic heterocycles. The number of carboxylic acids is 1. The van der Waals surface area contributed by atoms with E-state index in [2.05, 4.69) is 10.3 Å². The van der Waals surface area contributed by atoms with Gasteiger partial charge in [-0.05, 0) is 42.5 Å². The van der Waals surface area contributed by atoms with E-state index in [4.69, 9.17) is 27.9 Å². The van der Waals surface area contributed by atoms with E-state index in [1.165, 1.54) is 30.3 Å². The number of rotatable bonds is 5. The normalized spacial score (nSPS) is 10.5. The molecule has 33 heavy (non-hydrogen) atoms. The number of nitrogens with one attached hydrogen (secondary N) is 1. The van der Waals surface area contributed by atoms with E-state index in [1.54, 1.807) is 0 Å². The molecular weight excluding hydrogens is 479 g/mol. The molecule has 0 atom stereocenters. The molecule has 3 rings (SSSR count). The molecular formula is C21H14Cl2F3LiN2O4. The van der Waals surface area contributed by atoms with Crippen LogP contribution in [0.5, 0.6) is 11.6 Å². The number of carbonyl (C=O) groups is 2. The number of benzene rings is 2. The van der Waals surface area contributed by atoms with E-state index in [0.717, 1.165) is 18.2 Å². The van der Waals surface area contributed by atoms with Crippen LogP contribution >= 0.6 is 23.2 Å². The quantitative estimate of drug-likeness (QED) is 0.552. The van der Waals surface area contributed by atoms with Crippen LogP contribution in [0, 0.1) is 0 Å². The molecule has 0 radical (unpaired) electrons. The van der Waals surface area contributed by atoms with Gasteiger partial charge in [-0.2, -0.15) is 13.2 Å². The minimum Gasteiger partial charge on any atom is -0.545 e. The molecule has 1 N–H and O–H groups in total. The Balaban J connectivity index is 0.00000272. The zero-order valence-electron chi connectivity index (χ0n) is 16.2. The fourth-order valence-corrected chi connectivity index (χ4v) is 2.95. The standard InChI is InChI=1S/C20H11Cl2F3N2O4.CH4.Li/c21-11-2-4-13(15(22)7-11)18(28)27-16-5-3-12(8-14(16)19(29)30)31-17-6-1-10(9-26-17)20(23,24)25;;/h1-9H,(H,27,28)(H,29,30);1H4;/q;;+1/p-1. The molecule has 0 spiro atoms. The number of aromatic nitrogens is 1. The van der Waals surface area contributed by atoms with Crippen molar-refractivity contribution in [2.24, 2.45) is 0 Å². The maximum atomic E-state index is 12.6. The van der Waals surface area contributed by atoms with Crippen molar-refractivity contribution < 1.29 is 51.5 Å². The van der Waals surface area contributed by atoms with Crippen molar-refractivity contribution in [1.29, 1.82) is 0 Å². The molecule has 2 aromatic carbocycles. The third kappa shape index (κ3) is 7.14. The number of alkyl halides is 3. The first kappa shape index (κ1) is 28.3. The van der Waals surface area contributed by atoms with Gasteiger partial charge in [-0.15, -0.1) is 0 Å². The van der Waals surface area contributed by atoms with Crippen molar-refractivity contribution >= 4 is 40.8 Å². The van der Waals surface area contributed by atoms with Crippen molar-refractivity contribution in [2.75, 3.05) is 5.32 Å². The fourth-order valence-electron chi connectivity index (χ4n) is 2.46. The van der Waals surface area contributed by atoms with Gasteiger partial charge in [0.25, 0.3) is 5.91 Å². The molecule has 1 aromatic heterocycles. The van der Waals surface area contributed by atoms with Crippen LogP contribution in [0.2, 0.25) is 10.0 Å². The van der Waals surface area contributed by atoms with E-state index < -0.39 is 29.2 Å². The summed E-state index contributed by atoms with van der Waals surface area (Å²) in [5, 5.41) is 14.3. The molecule has 0 saturated heterocycles. The molecule has 0 aliphatic carbocycles. The molecule has 0 fully saturated rings. The smallest absolute Gasteiger partial charge is 0.545 e. The summed E-state index contributed by atoms with van der Waals surface area (Å²) in [4.78, 5) is 27.5. The van der Waals surface area contributed by atoms with Crippen molar-refractivity contribution in [3.05, 3.63) is 81.5 Å². The summed E-state index contributed by atoms with van der Waals surface area (Å²) in [5.41, 5.74) is -1.44. The molecule has 0 bridgehead atoms. The largest absolute Gasteiger partial charge is 1.00 e. The second-order valence-corrected chi connectivity index (χ2v) is 6.90. The summed E-state index contributed by atoms with van der Waals surface area (Å²) in [6, 6.07) is 9.48. The Morgan fingerprint density at radius 2 is 1.70 bits per heavy atom. The van der Waals surface area contributed by atoms with Crippen molar-refractivity contribution in [3.8, 4) is 11.6 Å². The number of carboxylic acid groups (broad SMARTS) is 1. The Kier molecular flexibility index (Phi) is 9.82. The van der Waals surface area contributed by atoms with E-state index in [0.29, 0.717) is 11.2 Å². The van der Waals surface area contributed by atoms with Gasteiger partial charge in [-0.1, -0.05) is 30.6 Å². The molecule has 168 valence electrons. The van der Waals surface area contributed by atoms with Crippen LogP contribution in [-0.2, 0) is 6.18 Å². The van der Waals surface area contributed by atoms with Crippen molar-refractivity contribution in [3.63, 3.8) is 0 Å². The van der Waals surface area contributed by atoms with Crippen LogP contribution in [0.3, 0.4) is 0 Å². The van der Waals surface area contributed by atoms with Crippen molar-refractivity contribution in [1.82, 2.24) is 4.98 Å². The Bertz CT molecular complexity index is 1160. The summed E-state index contributed by atoms with van der Waals surface area (Å²) in [7, 11) is 0. The average molecular weight is 493 g/mol. The molecule has 0 saturated carbocycles. The molecule has 3 aromatic rings. The number of hydrogen-bond donors (Lipinski definition) is 1. The number of ether oxygens (including phenoxy) is 1. The second kappa shape index (κ2) is 11.4. The van der Waals surface area contributed by atoms with Crippen LogP contribution in [0.1, 0.15) is 33.7 Å². The second-order valence-electron chi connectivity index (χ2n) is 6.06. The third-order valence-corrected chi connectivity index (χ3v) is 4.47. The molecule has 1 amide bonds. The number of nitrogens with zero attached hydrogens (tertiary/aromatic N) is 1. The van der Waals surface area contributed by atoms with E-state index in [-0.39, 0.29) is 54.2 Å². The van der Waals surface area contributed by atoms with Gasteiger partial charge in [-0.3, -0.25) is 4.79 Å². The third-order valence-electron chi connectivity index (χ3n) is 3.92. The number of anilines is 1. The molecule has 0 aliphatic rings. The van der Waals surface area contributed by atoms with E-state index >= 15 is 0 Å². The summed E-state index contributed by atoms with van der Waals surface area (Å²) in [6.07, 6.45) is -3.97. The van der Waals surface area contributed by atoms with E-state index in [1.807, 2.05) is 0 Å². The van der Waals surface area contributed by atoms with Crippen LogP contribution < -0.4 is 34.0 Å². The van der Waals surface area contributed by atoms with Gasteiger partial charge < -0.3 is 20.0 Å². The zero-order chi connectivity index (χ0) is 22.8. The van der Waals surface area contributed by atoms with Crippen LogP contribution in [0.15, 0.2) is 54.7 Å². The maximum Gasteiger partial charge on any atom is 1.00 e. The van der Waals surface area contributed by atoms with E-state index in [9.17, 15) is 27.9 Å². The summed E-state index contributed by atoms with van der Waals surface area (Å²) >= 11 is 11.8. The van der Waals surface area contributed by atoms with Crippen LogP contribution in [0.25, 0.3) is 0 Å². The van der Waals surface area contributed by atoms with Gasteiger partial charge in [0.2, 0.25) is 5.88 Å². The monoisotopic (exact) mass is 492 g/mol. The van der Waals surface area contributed by atoms with Crippen LogP contribution in [0.4, 0.5) is 18.9 Å². The van der Waals surface area contributed by atoms with Gasteiger partial charge in [-0.25, -0.2) is 4.98 Å². The Labute approximate surface area is 208 Å². The summed E-state index contributed by atoms with van der Waals surface area (Å²) in [5.74, 6) is -2.55.